The Morgan fingerprint density at radius 1 is 1.20 bits per heavy atom. The molecule has 4 rings (SSSR count). The molecule has 1 amide bonds. The van der Waals surface area contributed by atoms with E-state index in [0.29, 0.717) is 44.7 Å². The van der Waals surface area contributed by atoms with Gasteiger partial charge in [0.15, 0.2) is 11.4 Å². The molecule has 0 atom stereocenters. The molecule has 1 aromatic carbocycles. The van der Waals surface area contributed by atoms with Crippen molar-refractivity contribution in [3.05, 3.63) is 34.3 Å². The Balaban J connectivity index is 1.36. The Hall–Kier alpha value is -2.12. The van der Waals surface area contributed by atoms with Crippen LogP contribution < -0.4 is 5.76 Å². The van der Waals surface area contributed by atoms with Gasteiger partial charge in [-0.15, -0.1) is 0 Å². The topological polar surface area (TPSA) is 73.9 Å². The number of rotatable bonds is 3. The van der Waals surface area contributed by atoms with Crippen molar-refractivity contribution in [2.45, 2.75) is 31.5 Å². The molecular weight excluding hydrogens is 324 g/mol. The van der Waals surface area contributed by atoms with Crippen LogP contribution in [0.4, 0.5) is 0 Å². The Kier molecular flexibility index (Phi) is 4.13. The van der Waals surface area contributed by atoms with Crippen molar-refractivity contribution in [2.75, 3.05) is 26.3 Å². The standard InChI is InChI=1S/C18H22N2O5/c1-19-14-12-13(2-4-15(14)25-17(19)22)3-5-16(21)20-8-6-18(7-9-20)23-10-11-24-18/h2,4,12H,3,5-11H2,1H3. The molecule has 2 aliphatic rings. The zero-order chi connectivity index (χ0) is 17.4. The third-order valence-corrected chi connectivity index (χ3v) is 5.17. The largest absolute Gasteiger partial charge is 0.419 e. The summed E-state index contributed by atoms with van der Waals surface area (Å²) in [6.07, 6.45) is 2.57. The van der Waals surface area contributed by atoms with Gasteiger partial charge in [-0.25, -0.2) is 4.79 Å². The summed E-state index contributed by atoms with van der Waals surface area (Å²) in [4.78, 5) is 25.9. The zero-order valence-electron chi connectivity index (χ0n) is 14.3. The first-order chi connectivity index (χ1) is 12.1. The zero-order valence-corrected chi connectivity index (χ0v) is 14.3. The number of likely N-dealkylation sites (tertiary alicyclic amines) is 1. The van der Waals surface area contributed by atoms with Crippen molar-refractivity contribution in [2.24, 2.45) is 7.05 Å². The first-order valence-corrected chi connectivity index (χ1v) is 8.70. The summed E-state index contributed by atoms with van der Waals surface area (Å²) in [5.41, 5.74) is 2.35. The summed E-state index contributed by atoms with van der Waals surface area (Å²) in [6, 6.07) is 5.61. The number of carbonyl (C=O) groups is 1. The highest BCUT2D eigenvalue weighted by atomic mass is 16.7. The summed E-state index contributed by atoms with van der Waals surface area (Å²) in [5.74, 6) is -0.677. The molecule has 7 heteroatoms. The fourth-order valence-electron chi connectivity index (χ4n) is 3.62. The average molecular weight is 346 g/mol. The SMILES string of the molecule is Cn1c(=O)oc2ccc(CCC(=O)N3CCC4(CC3)OCCO4)cc21. The number of carbonyl (C=O) groups excluding carboxylic acids is 1. The second-order valence-electron chi connectivity index (χ2n) is 6.72. The third kappa shape index (κ3) is 3.09. The number of nitrogens with zero attached hydrogens (tertiary/aromatic N) is 2. The van der Waals surface area contributed by atoms with Crippen molar-refractivity contribution in [1.82, 2.24) is 9.47 Å². The molecule has 2 aromatic rings. The lowest BCUT2D eigenvalue weighted by molar-refractivity contribution is -0.187. The van der Waals surface area contributed by atoms with Crippen molar-refractivity contribution in [3.63, 3.8) is 0 Å². The van der Waals surface area contributed by atoms with Gasteiger partial charge >= 0.3 is 5.76 Å². The molecule has 0 unspecified atom stereocenters. The Morgan fingerprint density at radius 3 is 2.64 bits per heavy atom. The van der Waals surface area contributed by atoms with Gasteiger partial charge in [0.25, 0.3) is 0 Å². The van der Waals surface area contributed by atoms with Crippen molar-refractivity contribution in [3.8, 4) is 0 Å². The second kappa shape index (κ2) is 6.31. The Bertz CT molecular complexity index is 837. The van der Waals surface area contributed by atoms with Crippen LogP contribution in [-0.4, -0.2) is 47.5 Å². The van der Waals surface area contributed by atoms with Crippen LogP contribution in [0.2, 0.25) is 0 Å². The lowest BCUT2D eigenvalue weighted by Gasteiger charge is -2.37. The molecule has 0 saturated carbocycles. The van der Waals surface area contributed by atoms with Crippen LogP contribution in [-0.2, 0) is 27.7 Å². The summed E-state index contributed by atoms with van der Waals surface area (Å²) in [5, 5.41) is 0. The van der Waals surface area contributed by atoms with E-state index in [1.807, 2.05) is 17.0 Å². The van der Waals surface area contributed by atoms with Gasteiger partial charge in [0.05, 0.1) is 18.7 Å². The minimum absolute atomic E-state index is 0.147. The highest BCUT2D eigenvalue weighted by Crippen LogP contribution is 2.31. The number of oxazole rings is 1. The molecule has 2 fully saturated rings. The van der Waals surface area contributed by atoms with Gasteiger partial charge in [-0.1, -0.05) is 6.07 Å². The first kappa shape index (κ1) is 16.4. The van der Waals surface area contributed by atoms with E-state index in [1.54, 1.807) is 13.1 Å². The van der Waals surface area contributed by atoms with Crippen LogP contribution in [0.5, 0.6) is 0 Å². The smallest absolute Gasteiger partial charge is 0.408 e. The quantitative estimate of drug-likeness (QED) is 0.841. The van der Waals surface area contributed by atoms with Crippen molar-refractivity contribution < 1.29 is 18.7 Å². The number of amides is 1. The molecule has 1 aromatic heterocycles. The van der Waals surface area contributed by atoms with E-state index in [9.17, 15) is 9.59 Å². The van der Waals surface area contributed by atoms with E-state index in [4.69, 9.17) is 13.9 Å². The summed E-state index contributed by atoms with van der Waals surface area (Å²) >= 11 is 0. The number of hydrogen-bond acceptors (Lipinski definition) is 5. The molecule has 0 radical (unpaired) electrons. The van der Waals surface area contributed by atoms with Gasteiger partial charge in [0, 0.05) is 39.4 Å². The maximum Gasteiger partial charge on any atom is 0.419 e. The monoisotopic (exact) mass is 346 g/mol. The predicted molar refractivity (Wildman–Crippen MR) is 90.2 cm³/mol. The third-order valence-electron chi connectivity index (χ3n) is 5.17. The number of benzene rings is 1. The molecule has 25 heavy (non-hydrogen) atoms. The minimum atomic E-state index is -0.451. The summed E-state index contributed by atoms with van der Waals surface area (Å²) in [7, 11) is 1.68. The lowest BCUT2D eigenvalue weighted by atomic mass is 10.0. The maximum absolute atomic E-state index is 12.5. The van der Waals surface area contributed by atoms with Crippen LogP contribution in [0.1, 0.15) is 24.8 Å². The molecule has 7 nitrogen and oxygen atoms in total. The van der Waals surface area contributed by atoms with Crippen molar-refractivity contribution >= 4 is 17.0 Å². The highest BCUT2D eigenvalue weighted by molar-refractivity contribution is 5.77. The van der Waals surface area contributed by atoms with E-state index < -0.39 is 5.79 Å². The number of piperidine rings is 1. The van der Waals surface area contributed by atoms with Gasteiger partial charge in [0.2, 0.25) is 5.91 Å². The van der Waals surface area contributed by atoms with Crippen molar-refractivity contribution in [1.29, 1.82) is 0 Å². The Labute approximate surface area is 145 Å². The fraction of sp³-hybridized carbons (Fsp3) is 0.556. The Morgan fingerprint density at radius 2 is 1.92 bits per heavy atom. The molecule has 3 heterocycles. The average Bonchev–Trinajstić information content (AvgIpc) is 3.19. The van der Waals surface area contributed by atoms with Gasteiger partial charge in [0.1, 0.15) is 0 Å². The van der Waals surface area contributed by atoms with Crippen LogP contribution in [0.15, 0.2) is 27.4 Å². The van der Waals surface area contributed by atoms with E-state index in [0.717, 1.165) is 23.9 Å². The molecule has 1 spiro atoms. The van der Waals surface area contributed by atoms with Crippen LogP contribution >= 0.6 is 0 Å². The van der Waals surface area contributed by atoms with Gasteiger partial charge in [-0.05, 0) is 24.1 Å². The summed E-state index contributed by atoms with van der Waals surface area (Å²) < 4.78 is 18.0. The van der Waals surface area contributed by atoms with E-state index in [2.05, 4.69) is 0 Å². The molecule has 134 valence electrons. The fourth-order valence-corrected chi connectivity index (χ4v) is 3.62. The van der Waals surface area contributed by atoms with E-state index in [-0.39, 0.29) is 11.7 Å². The van der Waals surface area contributed by atoms with Crippen LogP contribution in [0.25, 0.3) is 11.1 Å². The van der Waals surface area contributed by atoms with Crippen LogP contribution in [0.3, 0.4) is 0 Å². The number of ether oxygens (including phenoxy) is 2. The molecule has 2 aliphatic heterocycles. The number of fused-ring (bicyclic) bond motifs is 1. The predicted octanol–water partition coefficient (Wildman–Crippen LogP) is 1.43. The molecule has 0 aliphatic carbocycles. The van der Waals surface area contributed by atoms with Gasteiger partial charge < -0.3 is 18.8 Å². The number of aromatic nitrogens is 1. The number of hydrogen-bond donors (Lipinski definition) is 0. The lowest BCUT2D eigenvalue weighted by Crippen LogP contribution is -2.47. The van der Waals surface area contributed by atoms with Crippen LogP contribution in [0, 0.1) is 0 Å². The highest BCUT2D eigenvalue weighted by Gasteiger charge is 2.40. The molecule has 2 saturated heterocycles. The minimum Gasteiger partial charge on any atom is -0.408 e. The van der Waals surface area contributed by atoms with Gasteiger partial charge in [-0.3, -0.25) is 9.36 Å². The second-order valence-corrected chi connectivity index (χ2v) is 6.72. The molecular formula is C18H22N2O5. The van der Waals surface area contributed by atoms with Gasteiger partial charge in [-0.2, -0.15) is 0 Å². The normalized spacial score (nSPS) is 19.8. The number of aryl methyl sites for hydroxylation is 2. The summed E-state index contributed by atoms with van der Waals surface area (Å²) in [6.45, 7) is 2.64. The maximum atomic E-state index is 12.5. The van der Waals surface area contributed by atoms with E-state index in [1.165, 1.54) is 4.57 Å². The molecule has 0 bridgehead atoms. The molecule has 0 N–H and O–H groups in total. The van der Waals surface area contributed by atoms with E-state index >= 15 is 0 Å². The first-order valence-electron chi connectivity index (χ1n) is 8.70.